The van der Waals surface area contributed by atoms with Crippen molar-refractivity contribution in [2.75, 3.05) is 0 Å². The molecule has 1 N–H and O–H groups in total. The van der Waals surface area contributed by atoms with Crippen LogP contribution in [0.4, 0.5) is 0 Å². The van der Waals surface area contributed by atoms with Crippen LogP contribution in [0.5, 0.6) is 0 Å². The first kappa shape index (κ1) is 13.8. The number of nitrogens with zero attached hydrogens (tertiary/aromatic N) is 1. The minimum atomic E-state index is 0.462. The van der Waals surface area contributed by atoms with Crippen molar-refractivity contribution in [3.05, 3.63) is 29.6 Å². The maximum absolute atomic E-state index is 4.70. The maximum atomic E-state index is 4.70. The highest BCUT2D eigenvalue weighted by Crippen LogP contribution is 2.65. The zero-order chi connectivity index (χ0) is 14.7. The summed E-state index contributed by atoms with van der Waals surface area (Å²) in [6.07, 6.45) is 9.91. The van der Waals surface area contributed by atoms with Gasteiger partial charge in [0, 0.05) is 18.3 Å². The Balaban J connectivity index is 1.59. The summed E-state index contributed by atoms with van der Waals surface area (Å²) in [4.78, 5) is 4.70. The van der Waals surface area contributed by atoms with Crippen molar-refractivity contribution < 1.29 is 0 Å². The summed E-state index contributed by atoms with van der Waals surface area (Å²) in [6, 6.07) is 5.50. The van der Waals surface area contributed by atoms with Gasteiger partial charge in [0.2, 0.25) is 0 Å². The van der Waals surface area contributed by atoms with Gasteiger partial charge >= 0.3 is 0 Å². The predicted octanol–water partition coefficient (Wildman–Crippen LogP) is 4.26. The second-order valence-corrected chi connectivity index (χ2v) is 8.32. The van der Waals surface area contributed by atoms with E-state index in [1.165, 1.54) is 49.8 Å². The average Bonchev–Trinajstić information content (AvgIpc) is 2.81. The molecule has 0 radical (unpaired) electrons. The van der Waals surface area contributed by atoms with Gasteiger partial charge in [-0.25, -0.2) is 0 Å². The van der Waals surface area contributed by atoms with E-state index in [2.05, 4.69) is 38.2 Å². The first-order valence-electron chi connectivity index (χ1n) is 8.72. The average molecular weight is 284 g/mol. The van der Waals surface area contributed by atoms with Gasteiger partial charge < -0.3 is 5.32 Å². The van der Waals surface area contributed by atoms with Crippen molar-refractivity contribution in [3.8, 4) is 0 Å². The Bertz CT molecular complexity index is 550. The van der Waals surface area contributed by atoms with Crippen LogP contribution in [0.25, 0.3) is 0 Å². The smallest absolute Gasteiger partial charge is 0.0605 e. The van der Waals surface area contributed by atoms with E-state index in [-0.39, 0.29) is 0 Å². The molecule has 1 aromatic heterocycles. The zero-order valence-corrected chi connectivity index (χ0v) is 13.7. The minimum absolute atomic E-state index is 0.462. The second kappa shape index (κ2) is 4.55. The molecule has 4 unspecified atom stereocenters. The Hall–Kier alpha value is -0.890. The standard InChI is InChI=1S/C19H28N2/c1-18(2)14-9-10-19(18,3)16(12-14)21-15-8-4-6-13-7-5-11-20-17(13)15/h5,7,11,14-16,21H,4,6,8-10,12H2,1-3H3. The van der Waals surface area contributed by atoms with Gasteiger partial charge in [-0.1, -0.05) is 26.8 Å². The summed E-state index contributed by atoms with van der Waals surface area (Å²) in [5.74, 6) is 0.909. The first-order chi connectivity index (χ1) is 10.0. The van der Waals surface area contributed by atoms with Crippen LogP contribution in [0.2, 0.25) is 0 Å². The zero-order valence-electron chi connectivity index (χ0n) is 13.7. The fourth-order valence-electron chi connectivity index (χ4n) is 5.47. The molecule has 1 aromatic rings. The van der Waals surface area contributed by atoms with E-state index in [4.69, 9.17) is 4.98 Å². The van der Waals surface area contributed by atoms with Crippen LogP contribution >= 0.6 is 0 Å². The van der Waals surface area contributed by atoms with E-state index in [1.54, 1.807) is 0 Å². The lowest BCUT2D eigenvalue weighted by molar-refractivity contribution is 0.113. The number of aryl methyl sites for hydroxylation is 1. The minimum Gasteiger partial charge on any atom is -0.305 e. The van der Waals surface area contributed by atoms with Crippen LogP contribution in [0.15, 0.2) is 18.3 Å². The van der Waals surface area contributed by atoms with Gasteiger partial charge in [0.25, 0.3) is 0 Å². The van der Waals surface area contributed by atoms with Gasteiger partial charge in [-0.2, -0.15) is 0 Å². The molecule has 2 heteroatoms. The van der Waals surface area contributed by atoms with Crippen molar-refractivity contribution in [2.24, 2.45) is 16.7 Å². The van der Waals surface area contributed by atoms with Gasteiger partial charge in [0.05, 0.1) is 5.69 Å². The van der Waals surface area contributed by atoms with E-state index >= 15 is 0 Å². The highest BCUT2D eigenvalue weighted by atomic mass is 15.0. The third-order valence-electron chi connectivity index (χ3n) is 7.39. The van der Waals surface area contributed by atoms with Gasteiger partial charge in [-0.3, -0.25) is 4.98 Å². The quantitative estimate of drug-likeness (QED) is 0.877. The molecule has 21 heavy (non-hydrogen) atoms. The SMILES string of the molecule is CC1(C)C2CCC1(C)C(NC1CCCc3cccnc31)C2. The maximum Gasteiger partial charge on any atom is 0.0605 e. The Kier molecular flexibility index (Phi) is 2.98. The van der Waals surface area contributed by atoms with Crippen molar-refractivity contribution in [3.63, 3.8) is 0 Å². The van der Waals surface area contributed by atoms with Gasteiger partial charge in [0.15, 0.2) is 0 Å². The van der Waals surface area contributed by atoms with Gasteiger partial charge in [0.1, 0.15) is 0 Å². The molecule has 0 aromatic carbocycles. The second-order valence-electron chi connectivity index (χ2n) is 8.32. The van der Waals surface area contributed by atoms with E-state index < -0.39 is 0 Å². The number of fused-ring (bicyclic) bond motifs is 3. The predicted molar refractivity (Wildman–Crippen MR) is 86.1 cm³/mol. The van der Waals surface area contributed by atoms with E-state index in [1.807, 2.05) is 6.20 Å². The van der Waals surface area contributed by atoms with E-state index in [9.17, 15) is 0 Å². The topological polar surface area (TPSA) is 24.9 Å². The van der Waals surface area contributed by atoms with Crippen molar-refractivity contribution >= 4 is 0 Å². The van der Waals surface area contributed by atoms with Crippen LogP contribution in [-0.2, 0) is 6.42 Å². The summed E-state index contributed by atoms with van der Waals surface area (Å²) in [7, 11) is 0. The van der Waals surface area contributed by atoms with Gasteiger partial charge in [-0.05, 0) is 66.9 Å². The number of nitrogens with one attached hydrogen (secondary N) is 1. The lowest BCUT2D eigenvalue weighted by Crippen LogP contribution is -2.46. The van der Waals surface area contributed by atoms with Crippen LogP contribution in [0, 0.1) is 16.7 Å². The number of aromatic nitrogens is 1. The molecular weight excluding hydrogens is 256 g/mol. The molecule has 3 aliphatic rings. The Morgan fingerprint density at radius 2 is 2.10 bits per heavy atom. The Morgan fingerprint density at radius 3 is 2.81 bits per heavy atom. The third kappa shape index (κ3) is 1.84. The van der Waals surface area contributed by atoms with Crippen molar-refractivity contribution in [2.45, 2.75) is 71.4 Å². The molecule has 0 amide bonds. The molecule has 0 spiro atoms. The van der Waals surface area contributed by atoms with Crippen molar-refractivity contribution in [1.82, 2.24) is 10.3 Å². The number of pyridine rings is 1. The molecule has 2 saturated carbocycles. The van der Waals surface area contributed by atoms with E-state index in [0.717, 1.165) is 5.92 Å². The third-order valence-corrected chi connectivity index (χ3v) is 7.39. The number of hydrogen-bond donors (Lipinski definition) is 1. The molecule has 4 atom stereocenters. The highest BCUT2D eigenvalue weighted by Gasteiger charge is 2.61. The van der Waals surface area contributed by atoms with Crippen LogP contribution in [-0.4, -0.2) is 11.0 Å². The molecule has 0 saturated heterocycles. The molecule has 1 heterocycles. The molecular formula is C19H28N2. The normalized spacial score (nSPS) is 40.2. The summed E-state index contributed by atoms with van der Waals surface area (Å²) in [6.45, 7) is 7.53. The summed E-state index contributed by atoms with van der Waals surface area (Å²) >= 11 is 0. The largest absolute Gasteiger partial charge is 0.305 e. The van der Waals surface area contributed by atoms with Crippen LogP contribution in [0.1, 0.15) is 70.2 Å². The molecule has 2 fully saturated rings. The van der Waals surface area contributed by atoms with Crippen molar-refractivity contribution in [1.29, 1.82) is 0 Å². The monoisotopic (exact) mass is 284 g/mol. The Labute approximate surface area is 128 Å². The summed E-state index contributed by atoms with van der Waals surface area (Å²) < 4.78 is 0. The summed E-state index contributed by atoms with van der Waals surface area (Å²) in [5.41, 5.74) is 3.75. The molecule has 0 aliphatic heterocycles. The molecule has 4 rings (SSSR count). The molecule has 3 aliphatic carbocycles. The molecule has 2 bridgehead atoms. The Morgan fingerprint density at radius 1 is 1.24 bits per heavy atom. The molecule has 2 nitrogen and oxygen atoms in total. The fourth-order valence-corrected chi connectivity index (χ4v) is 5.47. The first-order valence-corrected chi connectivity index (χ1v) is 8.72. The molecule has 114 valence electrons. The summed E-state index contributed by atoms with van der Waals surface area (Å²) in [5, 5.41) is 4.04. The fraction of sp³-hybridized carbons (Fsp3) is 0.737. The van der Waals surface area contributed by atoms with Gasteiger partial charge in [-0.15, -0.1) is 0 Å². The van der Waals surface area contributed by atoms with Crippen LogP contribution < -0.4 is 5.32 Å². The number of hydrogen-bond acceptors (Lipinski definition) is 2. The lowest BCUT2D eigenvalue weighted by atomic mass is 9.69. The highest BCUT2D eigenvalue weighted by molar-refractivity contribution is 5.26. The lowest BCUT2D eigenvalue weighted by Gasteiger charge is -2.41. The van der Waals surface area contributed by atoms with Crippen LogP contribution in [0.3, 0.4) is 0 Å². The van der Waals surface area contributed by atoms with E-state index in [0.29, 0.717) is 22.9 Å². The number of rotatable bonds is 2.